The van der Waals surface area contributed by atoms with E-state index in [2.05, 4.69) is 4.98 Å². The molecule has 2 aromatic rings. The molecule has 0 aromatic carbocycles. The van der Waals surface area contributed by atoms with Crippen LogP contribution in [0.5, 0.6) is 0 Å². The predicted molar refractivity (Wildman–Crippen MR) is 101 cm³/mol. The Kier molecular flexibility index (Phi) is 5.23. The number of aryl methyl sites for hydroxylation is 1. The summed E-state index contributed by atoms with van der Waals surface area (Å²) >= 11 is 1.50. The highest BCUT2D eigenvalue weighted by molar-refractivity contribution is 7.10. The van der Waals surface area contributed by atoms with Gasteiger partial charge in [-0.15, -0.1) is 11.3 Å². The number of rotatable bonds is 6. The second-order valence-corrected chi connectivity index (χ2v) is 7.90. The zero-order chi connectivity index (χ0) is 18.8. The summed E-state index contributed by atoms with van der Waals surface area (Å²) in [6, 6.07) is 5.10. The first-order chi connectivity index (χ1) is 12.4. The van der Waals surface area contributed by atoms with Crippen LogP contribution in [0, 0.1) is 12.8 Å². The van der Waals surface area contributed by atoms with Gasteiger partial charge in [0.25, 0.3) is 5.91 Å². The molecule has 1 N–H and O–H groups in total. The van der Waals surface area contributed by atoms with Gasteiger partial charge in [0.1, 0.15) is 0 Å². The molecule has 0 saturated carbocycles. The van der Waals surface area contributed by atoms with Gasteiger partial charge in [-0.1, -0.05) is 19.9 Å². The Hall–Kier alpha value is -2.47. The molecular formula is C20H22N2O3S. The molecular weight excluding hydrogens is 348 g/mol. The molecule has 26 heavy (non-hydrogen) atoms. The van der Waals surface area contributed by atoms with Crippen molar-refractivity contribution in [3.05, 3.63) is 63.3 Å². The van der Waals surface area contributed by atoms with Gasteiger partial charge >= 0.3 is 0 Å². The Morgan fingerprint density at radius 1 is 1.38 bits per heavy atom. The average Bonchev–Trinajstić information content (AvgIpc) is 3.11. The summed E-state index contributed by atoms with van der Waals surface area (Å²) in [4.78, 5) is 32.2. The van der Waals surface area contributed by atoms with Crippen molar-refractivity contribution in [1.82, 2.24) is 9.88 Å². The standard InChI is InChI=1S/C20H22N2O3S/c1-12(2)9-15(23)16-17(19-13(3)6-8-26-19)22(20(25)18(16)24)11-14-5-4-7-21-10-14/h4-8,10,12,17,24H,9,11H2,1-3H3. The molecule has 1 amide bonds. The molecule has 2 aromatic heterocycles. The van der Waals surface area contributed by atoms with Crippen molar-refractivity contribution in [3.8, 4) is 0 Å². The molecule has 0 saturated heterocycles. The normalized spacial score (nSPS) is 17.5. The van der Waals surface area contributed by atoms with Crippen LogP contribution in [0.1, 0.15) is 42.3 Å². The number of aromatic nitrogens is 1. The van der Waals surface area contributed by atoms with Gasteiger partial charge in [0.15, 0.2) is 11.5 Å². The van der Waals surface area contributed by atoms with Gasteiger partial charge in [0.05, 0.1) is 11.6 Å². The number of aliphatic hydroxyl groups is 1. The molecule has 5 nitrogen and oxygen atoms in total. The smallest absolute Gasteiger partial charge is 0.290 e. The van der Waals surface area contributed by atoms with E-state index in [1.807, 2.05) is 38.3 Å². The van der Waals surface area contributed by atoms with E-state index in [1.54, 1.807) is 23.4 Å². The van der Waals surface area contributed by atoms with Crippen LogP contribution in [0.4, 0.5) is 0 Å². The lowest BCUT2D eigenvalue weighted by atomic mass is 9.94. The largest absolute Gasteiger partial charge is 0.503 e. The molecule has 0 aliphatic carbocycles. The van der Waals surface area contributed by atoms with Crippen molar-refractivity contribution in [3.63, 3.8) is 0 Å². The number of hydrogen-bond donors (Lipinski definition) is 1. The van der Waals surface area contributed by atoms with Crippen molar-refractivity contribution < 1.29 is 14.7 Å². The summed E-state index contributed by atoms with van der Waals surface area (Å²) in [7, 11) is 0. The molecule has 1 aliphatic heterocycles. The Morgan fingerprint density at radius 3 is 2.73 bits per heavy atom. The predicted octanol–water partition coefficient (Wildman–Crippen LogP) is 3.96. The first-order valence-electron chi connectivity index (χ1n) is 8.60. The van der Waals surface area contributed by atoms with Crippen molar-refractivity contribution in [2.75, 3.05) is 0 Å². The van der Waals surface area contributed by atoms with E-state index in [9.17, 15) is 14.7 Å². The third kappa shape index (κ3) is 3.42. The quantitative estimate of drug-likeness (QED) is 0.835. The summed E-state index contributed by atoms with van der Waals surface area (Å²) in [5.74, 6) is -0.941. The number of ketones is 1. The van der Waals surface area contributed by atoms with E-state index in [-0.39, 0.29) is 23.8 Å². The number of amides is 1. The van der Waals surface area contributed by atoms with Crippen LogP contribution >= 0.6 is 11.3 Å². The van der Waals surface area contributed by atoms with Crippen molar-refractivity contribution in [2.24, 2.45) is 5.92 Å². The Morgan fingerprint density at radius 2 is 2.15 bits per heavy atom. The van der Waals surface area contributed by atoms with Crippen LogP contribution in [-0.2, 0) is 16.1 Å². The minimum absolute atomic E-state index is 0.148. The van der Waals surface area contributed by atoms with Crippen molar-refractivity contribution in [1.29, 1.82) is 0 Å². The van der Waals surface area contributed by atoms with Crippen LogP contribution in [0.15, 0.2) is 47.3 Å². The Labute approximate surface area is 157 Å². The number of pyridine rings is 1. The minimum atomic E-state index is -0.547. The van der Waals surface area contributed by atoms with Gasteiger partial charge in [-0.25, -0.2) is 0 Å². The summed E-state index contributed by atoms with van der Waals surface area (Å²) in [6.45, 7) is 6.14. The van der Waals surface area contributed by atoms with E-state index in [1.165, 1.54) is 11.3 Å². The number of carbonyl (C=O) groups excluding carboxylic acids is 2. The molecule has 1 atom stereocenters. The second kappa shape index (κ2) is 7.41. The zero-order valence-electron chi connectivity index (χ0n) is 15.1. The van der Waals surface area contributed by atoms with Gasteiger partial charge in [-0.2, -0.15) is 0 Å². The van der Waals surface area contributed by atoms with Crippen LogP contribution in [0.25, 0.3) is 0 Å². The molecule has 0 radical (unpaired) electrons. The lowest BCUT2D eigenvalue weighted by Gasteiger charge is -2.26. The maximum absolute atomic E-state index is 12.8. The number of carbonyl (C=O) groups is 2. The lowest BCUT2D eigenvalue weighted by Crippen LogP contribution is -2.30. The SMILES string of the molecule is Cc1ccsc1C1C(C(=O)CC(C)C)=C(O)C(=O)N1Cc1cccnc1. The Bertz CT molecular complexity index is 855. The van der Waals surface area contributed by atoms with E-state index in [0.717, 1.165) is 16.0 Å². The summed E-state index contributed by atoms with van der Waals surface area (Å²) in [5.41, 5.74) is 2.08. The van der Waals surface area contributed by atoms with Gasteiger partial charge in [-0.3, -0.25) is 14.6 Å². The molecule has 136 valence electrons. The molecule has 1 aliphatic rings. The molecule has 3 heterocycles. The highest BCUT2D eigenvalue weighted by Crippen LogP contribution is 2.42. The van der Waals surface area contributed by atoms with E-state index >= 15 is 0 Å². The topological polar surface area (TPSA) is 70.5 Å². The van der Waals surface area contributed by atoms with Crippen molar-refractivity contribution >= 4 is 23.0 Å². The summed E-state index contributed by atoms with van der Waals surface area (Å²) in [5, 5.41) is 12.4. The fourth-order valence-electron chi connectivity index (χ4n) is 3.21. The highest BCUT2D eigenvalue weighted by atomic mass is 32.1. The van der Waals surface area contributed by atoms with Crippen LogP contribution in [0.3, 0.4) is 0 Å². The lowest BCUT2D eigenvalue weighted by molar-refractivity contribution is -0.130. The number of nitrogens with zero attached hydrogens (tertiary/aromatic N) is 2. The number of hydrogen-bond acceptors (Lipinski definition) is 5. The Balaban J connectivity index is 2.03. The maximum Gasteiger partial charge on any atom is 0.290 e. The van der Waals surface area contributed by atoms with E-state index in [4.69, 9.17) is 0 Å². The average molecular weight is 370 g/mol. The molecule has 0 spiro atoms. The highest BCUT2D eigenvalue weighted by Gasteiger charge is 2.44. The van der Waals surface area contributed by atoms with E-state index < -0.39 is 17.7 Å². The number of thiophene rings is 1. The van der Waals surface area contributed by atoms with Crippen LogP contribution in [0.2, 0.25) is 0 Å². The first-order valence-corrected chi connectivity index (χ1v) is 9.48. The van der Waals surface area contributed by atoms with Crippen molar-refractivity contribution in [2.45, 2.75) is 39.8 Å². The second-order valence-electron chi connectivity index (χ2n) is 6.95. The minimum Gasteiger partial charge on any atom is -0.503 e. The monoisotopic (exact) mass is 370 g/mol. The van der Waals surface area contributed by atoms with E-state index in [0.29, 0.717) is 6.42 Å². The van der Waals surface area contributed by atoms with Crippen LogP contribution < -0.4 is 0 Å². The molecule has 0 fully saturated rings. The van der Waals surface area contributed by atoms with Crippen LogP contribution in [-0.4, -0.2) is 26.7 Å². The first kappa shape index (κ1) is 18.3. The van der Waals surface area contributed by atoms with Gasteiger partial charge in [-0.05, 0) is 41.5 Å². The van der Waals surface area contributed by atoms with Gasteiger partial charge in [0.2, 0.25) is 0 Å². The molecule has 3 rings (SSSR count). The molecule has 1 unspecified atom stereocenters. The fraction of sp³-hybridized carbons (Fsp3) is 0.350. The maximum atomic E-state index is 12.8. The third-order valence-corrected chi connectivity index (χ3v) is 5.49. The summed E-state index contributed by atoms with van der Waals surface area (Å²) in [6.07, 6.45) is 3.66. The number of aliphatic hydroxyl groups excluding tert-OH is 1. The number of Topliss-reactive ketones (excluding diaryl/α,β-unsaturated/α-hetero) is 1. The summed E-state index contributed by atoms with van der Waals surface area (Å²) < 4.78 is 0. The zero-order valence-corrected chi connectivity index (χ0v) is 15.9. The van der Waals surface area contributed by atoms with Gasteiger partial charge < -0.3 is 10.0 Å². The fourth-order valence-corrected chi connectivity index (χ4v) is 4.25. The molecule has 0 bridgehead atoms. The van der Waals surface area contributed by atoms with Gasteiger partial charge in [0, 0.05) is 30.2 Å². The third-order valence-electron chi connectivity index (χ3n) is 4.42. The molecule has 6 heteroatoms.